The number of anilines is 2. The Kier molecular flexibility index (Phi) is 5.03. The average Bonchev–Trinajstić information content (AvgIpc) is 3.17. The predicted molar refractivity (Wildman–Crippen MR) is 140 cm³/mol. The Hall–Kier alpha value is -2.79. The van der Waals surface area contributed by atoms with E-state index in [2.05, 4.69) is 47.7 Å². The lowest BCUT2D eigenvalue weighted by atomic mass is 9.70. The van der Waals surface area contributed by atoms with Crippen LogP contribution in [0.3, 0.4) is 0 Å². The summed E-state index contributed by atoms with van der Waals surface area (Å²) in [5.74, 6) is 0.138. The molecule has 5 heteroatoms. The molecule has 2 aromatic carbocycles. The van der Waals surface area contributed by atoms with Gasteiger partial charge in [0, 0.05) is 71.2 Å². The maximum Gasteiger partial charge on any atom is 0.195 e. The minimum absolute atomic E-state index is 0.138. The number of rotatable bonds is 4. The van der Waals surface area contributed by atoms with Crippen LogP contribution in [0.4, 0.5) is 11.4 Å². The normalized spacial score (nSPS) is 20.3. The van der Waals surface area contributed by atoms with E-state index in [4.69, 9.17) is 5.73 Å². The first-order valence-electron chi connectivity index (χ1n) is 13.0. The molecule has 5 nitrogen and oxygen atoms in total. The van der Waals surface area contributed by atoms with Crippen molar-refractivity contribution in [3.05, 3.63) is 58.3 Å². The number of H-pyrrole nitrogens is 1. The number of aromatic nitrogens is 1. The molecule has 0 spiro atoms. The van der Waals surface area contributed by atoms with Gasteiger partial charge in [0.1, 0.15) is 0 Å². The first kappa shape index (κ1) is 21.7. The number of hydrogen-bond donors (Lipinski definition) is 2. The standard InChI is InChI=1S/C29H36N4O/c1-4-6-18-15-22-23(17-25(18)33-13-11-32(12-14-33)20-7-5-8-20)29(2,3)28-26(27(22)34)21-10-9-19(30)16-24(21)31-28/h9-10,15-17,20,31H,4-8,11-14,30H2,1-3H3. The number of aryl methyl sites for hydroxylation is 1. The SMILES string of the molecule is CCCc1cc2c(cc1N1CCN(C3CCC3)CC1)C(C)(C)c1[nH]c3cc(N)ccc3c1C2=O. The fourth-order valence-corrected chi connectivity index (χ4v) is 6.37. The lowest BCUT2D eigenvalue weighted by Crippen LogP contribution is -2.52. The van der Waals surface area contributed by atoms with E-state index >= 15 is 0 Å². The summed E-state index contributed by atoms with van der Waals surface area (Å²) in [6.07, 6.45) is 6.20. The van der Waals surface area contributed by atoms with Gasteiger partial charge in [-0.25, -0.2) is 0 Å². The second-order valence-corrected chi connectivity index (χ2v) is 11.0. The second kappa shape index (κ2) is 7.88. The van der Waals surface area contributed by atoms with Crippen molar-refractivity contribution < 1.29 is 4.79 Å². The van der Waals surface area contributed by atoms with Crippen LogP contribution in [0, 0.1) is 0 Å². The number of fused-ring (bicyclic) bond motifs is 4. The Morgan fingerprint density at radius 1 is 1.09 bits per heavy atom. The number of hydrogen-bond acceptors (Lipinski definition) is 4. The van der Waals surface area contributed by atoms with E-state index in [1.165, 1.54) is 30.5 Å². The molecule has 0 atom stereocenters. The van der Waals surface area contributed by atoms with Gasteiger partial charge in [-0.3, -0.25) is 9.69 Å². The van der Waals surface area contributed by atoms with E-state index < -0.39 is 0 Å². The summed E-state index contributed by atoms with van der Waals surface area (Å²) in [4.78, 5) is 22.7. The smallest absolute Gasteiger partial charge is 0.195 e. The number of ketones is 1. The largest absolute Gasteiger partial charge is 0.399 e. The van der Waals surface area contributed by atoms with Crippen molar-refractivity contribution >= 4 is 28.1 Å². The summed E-state index contributed by atoms with van der Waals surface area (Å²) in [7, 11) is 0. The van der Waals surface area contributed by atoms with Gasteiger partial charge in [-0.05, 0) is 54.7 Å². The summed E-state index contributed by atoms with van der Waals surface area (Å²) < 4.78 is 0. The Labute approximate surface area is 202 Å². The van der Waals surface area contributed by atoms with E-state index in [1.54, 1.807) is 0 Å². The number of benzene rings is 2. The highest BCUT2D eigenvalue weighted by molar-refractivity contribution is 6.20. The van der Waals surface area contributed by atoms with E-state index in [0.29, 0.717) is 5.69 Å². The van der Waals surface area contributed by atoms with Gasteiger partial charge in [0.2, 0.25) is 0 Å². The van der Waals surface area contributed by atoms with Crippen molar-refractivity contribution in [3.63, 3.8) is 0 Å². The van der Waals surface area contributed by atoms with Crippen molar-refractivity contribution in [2.24, 2.45) is 0 Å². The molecule has 34 heavy (non-hydrogen) atoms. The maximum absolute atomic E-state index is 13.9. The molecule has 2 heterocycles. The predicted octanol–water partition coefficient (Wildman–Crippen LogP) is 5.25. The fraction of sp³-hybridized carbons (Fsp3) is 0.483. The molecule has 3 N–H and O–H groups in total. The molecule has 1 aromatic heterocycles. The lowest BCUT2D eigenvalue weighted by Gasteiger charge is -2.44. The summed E-state index contributed by atoms with van der Waals surface area (Å²) in [5, 5.41) is 0.973. The van der Waals surface area contributed by atoms with Gasteiger partial charge in [-0.1, -0.05) is 39.7 Å². The van der Waals surface area contributed by atoms with Gasteiger partial charge in [0.25, 0.3) is 0 Å². The minimum Gasteiger partial charge on any atom is -0.399 e. The Morgan fingerprint density at radius 3 is 2.53 bits per heavy atom. The number of nitrogen functional groups attached to an aromatic ring is 1. The molecule has 2 aliphatic carbocycles. The molecule has 6 rings (SSSR count). The molecule has 2 fully saturated rings. The summed E-state index contributed by atoms with van der Waals surface area (Å²) in [6.45, 7) is 11.1. The quantitative estimate of drug-likeness (QED) is 0.527. The van der Waals surface area contributed by atoms with Crippen LogP contribution in [0.25, 0.3) is 10.9 Å². The zero-order valence-electron chi connectivity index (χ0n) is 20.7. The molecule has 1 saturated carbocycles. The molecule has 3 aromatic rings. The van der Waals surface area contributed by atoms with Crippen molar-refractivity contribution in [2.75, 3.05) is 36.8 Å². The molecule has 0 unspecified atom stereocenters. The maximum atomic E-state index is 13.9. The van der Waals surface area contributed by atoms with Crippen molar-refractivity contribution in [2.45, 2.75) is 64.3 Å². The van der Waals surface area contributed by atoms with E-state index in [0.717, 1.165) is 78.3 Å². The highest BCUT2D eigenvalue weighted by Crippen LogP contribution is 2.46. The summed E-state index contributed by atoms with van der Waals surface area (Å²) >= 11 is 0. The van der Waals surface area contributed by atoms with E-state index in [1.807, 2.05) is 18.2 Å². The van der Waals surface area contributed by atoms with Crippen LogP contribution >= 0.6 is 0 Å². The number of aromatic amines is 1. The number of nitrogens with zero attached hydrogens (tertiary/aromatic N) is 2. The first-order valence-corrected chi connectivity index (χ1v) is 13.0. The molecular formula is C29H36N4O. The highest BCUT2D eigenvalue weighted by atomic mass is 16.1. The number of carbonyl (C=O) groups excluding carboxylic acids is 1. The third kappa shape index (κ3) is 3.20. The Balaban J connectivity index is 1.43. The monoisotopic (exact) mass is 456 g/mol. The topological polar surface area (TPSA) is 65.4 Å². The van der Waals surface area contributed by atoms with Gasteiger partial charge in [0.15, 0.2) is 5.78 Å². The number of nitrogens with two attached hydrogens (primary N) is 1. The third-order valence-corrected chi connectivity index (χ3v) is 8.58. The molecule has 178 valence electrons. The molecule has 3 aliphatic rings. The summed E-state index contributed by atoms with van der Waals surface area (Å²) in [6, 6.07) is 11.2. The zero-order valence-corrected chi connectivity index (χ0v) is 20.7. The second-order valence-electron chi connectivity index (χ2n) is 11.0. The van der Waals surface area contributed by atoms with Gasteiger partial charge in [-0.2, -0.15) is 0 Å². The van der Waals surface area contributed by atoms with Crippen LogP contribution in [-0.2, 0) is 11.8 Å². The number of carbonyl (C=O) groups is 1. The summed E-state index contributed by atoms with van der Waals surface area (Å²) in [5.41, 5.74) is 13.9. The first-order chi connectivity index (χ1) is 16.4. The Morgan fingerprint density at radius 2 is 1.85 bits per heavy atom. The lowest BCUT2D eigenvalue weighted by molar-refractivity contribution is 0.103. The molecule has 1 saturated heterocycles. The molecular weight excluding hydrogens is 420 g/mol. The zero-order chi connectivity index (χ0) is 23.6. The number of piperazine rings is 1. The van der Waals surface area contributed by atoms with Gasteiger partial charge in [-0.15, -0.1) is 0 Å². The van der Waals surface area contributed by atoms with Gasteiger partial charge < -0.3 is 15.6 Å². The van der Waals surface area contributed by atoms with Crippen LogP contribution in [0.15, 0.2) is 30.3 Å². The highest BCUT2D eigenvalue weighted by Gasteiger charge is 2.40. The van der Waals surface area contributed by atoms with Crippen LogP contribution in [0.5, 0.6) is 0 Å². The van der Waals surface area contributed by atoms with E-state index in [9.17, 15) is 4.79 Å². The van der Waals surface area contributed by atoms with Crippen molar-refractivity contribution in [1.29, 1.82) is 0 Å². The molecule has 0 radical (unpaired) electrons. The molecule has 0 bridgehead atoms. The third-order valence-electron chi connectivity index (χ3n) is 8.58. The Bertz CT molecular complexity index is 1280. The fourth-order valence-electron chi connectivity index (χ4n) is 6.37. The van der Waals surface area contributed by atoms with Crippen molar-refractivity contribution in [1.82, 2.24) is 9.88 Å². The van der Waals surface area contributed by atoms with Crippen molar-refractivity contribution in [3.8, 4) is 0 Å². The van der Waals surface area contributed by atoms with Crippen LogP contribution in [0.2, 0.25) is 0 Å². The number of nitrogens with one attached hydrogen (secondary N) is 1. The van der Waals surface area contributed by atoms with Gasteiger partial charge >= 0.3 is 0 Å². The average molecular weight is 457 g/mol. The molecule has 1 aliphatic heterocycles. The van der Waals surface area contributed by atoms with Crippen LogP contribution < -0.4 is 10.6 Å². The van der Waals surface area contributed by atoms with E-state index in [-0.39, 0.29) is 11.2 Å². The van der Waals surface area contributed by atoms with Gasteiger partial charge in [0.05, 0.1) is 5.56 Å². The molecule has 0 amide bonds. The van der Waals surface area contributed by atoms with Crippen LogP contribution in [0.1, 0.15) is 79.2 Å². The van der Waals surface area contributed by atoms with Crippen LogP contribution in [-0.4, -0.2) is 47.9 Å². The minimum atomic E-state index is -0.292.